The van der Waals surface area contributed by atoms with Gasteiger partial charge in [0.25, 0.3) is 0 Å². The predicted octanol–water partition coefficient (Wildman–Crippen LogP) is 1.66. The van der Waals surface area contributed by atoms with Crippen molar-refractivity contribution >= 4 is 5.91 Å². The van der Waals surface area contributed by atoms with Crippen LogP contribution in [-0.2, 0) is 4.79 Å². The SMILES string of the molecule is CC1CCCC(N)(C(=O)N(CCO)C2CCCC2)C1. The van der Waals surface area contributed by atoms with Gasteiger partial charge in [0, 0.05) is 12.6 Å². The fraction of sp³-hybridized carbons (Fsp3) is 0.933. The molecule has 1 amide bonds. The van der Waals surface area contributed by atoms with E-state index in [1.54, 1.807) is 0 Å². The Morgan fingerprint density at radius 1 is 1.32 bits per heavy atom. The summed E-state index contributed by atoms with van der Waals surface area (Å²) >= 11 is 0. The molecular formula is C15H28N2O2. The zero-order valence-electron chi connectivity index (χ0n) is 12.1. The average molecular weight is 268 g/mol. The normalized spacial score (nSPS) is 32.5. The number of carbonyl (C=O) groups excluding carboxylic acids is 1. The monoisotopic (exact) mass is 268 g/mol. The highest BCUT2D eigenvalue weighted by Crippen LogP contribution is 2.34. The first-order valence-electron chi connectivity index (χ1n) is 7.77. The Morgan fingerprint density at radius 2 is 2.00 bits per heavy atom. The molecule has 4 heteroatoms. The van der Waals surface area contributed by atoms with Gasteiger partial charge in [0.2, 0.25) is 5.91 Å². The van der Waals surface area contributed by atoms with Gasteiger partial charge in [0.15, 0.2) is 0 Å². The number of hydrogen-bond acceptors (Lipinski definition) is 3. The van der Waals surface area contributed by atoms with Crippen molar-refractivity contribution in [3.8, 4) is 0 Å². The molecule has 0 spiro atoms. The van der Waals surface area contributed by atoms with Crippen LogP contribution < -0.4 is 5.73 Å². The minimum Gasteiger partial charge on any atom is -0.395 e. The van der Waals surface area contributed by atoms with Crippen LogP contribution in [0.4, 0.5) is 0 Å². The van der Waals surface area contributed by atoms with Crippen LogP contribution in [0.1, 0.15) is 58.3 Å². The van der Waals surface area contributed by atoms with E-state index in [4.69, 9.17) is 5.73 Å². The molecule has 2 rings (SSSR count). The summed E-state index contributed by atoms with van der Waals surface area (Å²) in [5.74, 6) is 0.613. The second-order valence-electron chi connectivity index (χ2n) is 6.52. The van der Waals surface area contributed by atoms with Crippen LogP contribution in [0.5, 0.6) is 0 Å². The van der Waals surface area contributed by atoms with E-state index in [0.717, 1.165) is 32.1 Å². The van der Waals surface area contributed by atoms with Crippen LogP contribution >= 0.6 is 0 Å². The molecule has 0 heterocycles. The summed E-state index contributed by atoms with van der Waals surface area (Å²) < 4.78 is 0. The van der Waals surface area contributed by atoms with E-state index in [2.05, 4.69) is 6.92 Å². The van der Waals surface area contributed by atoms with E-state index < -0.39 is 5.54 Å². The number of carbonyl (C=O) groups is 1. The molecule has 0 aromatic rings. The van der Waals surface area contributed by atoms with E-state index in [0.29, 0.717) is 18.5 Å². The van der Waals surface area contributed by atoms with Gasteiger partial charge in [-0.1, -0.05) is 32.6 Å². The van der Waals surface area contributed by atoms with Gasteiger partial charge >= 0.3 is 0 Å². The van der Waals surface area contributed by atoms with Crippen LogP contribution in [0, 0.1) is 5.92 Å². The Labute approximate surface area is 116 Å². The van der Waals surface area contributed by atoms with Crippen molar-refractivity contribution in [2.75, 3.05) is 13.2 Å². The summed E-state index contributed by atoms with van der Waals surface area (Å²) in [6.45, 7) is 2.66. The van der Waals surface area contributed by atoms with Gasteiger partial charge in [0.1, 0.15) is 0 Å². The number of aliphatic hydroxyl groups excluding tert-OH is 1. The van der Waals surface area contributed by atoms with Crippen molar-refractivity contribution in [1.82, 2.24) is 4.90 Å². The maximum atomic E-state index is 12.8. The maximum Gasteiger partial charge on any atom is 0.242 e. The summed E-state index contributed by atoms with van der Waals surface area (Å²) in [4.78, 5) is 14.7. The van der Waals surface area contributed by atoms with Crippen molar-refractivity contribution < 1.29 is 9.90 Å². The Hall–Kier alpha value is -0.610. The molecule has 0 bridgehead atoms. The topological polar surface area (TPSA) is 66.6 Å². The fourth-order valence-corrected chi connectivity index (χ4v) is 3.85. The largest absolute Gasteiger partial charge is 0.395 e. The Kier molecular flexibility index (Phi) is 4.85. The Morgan fingerprint density at radius 3 is 2.58 bits per heavy atom. The first kappa shape index (κ1) is 14.8. The fourth-order valence-electron chi connectivity index (χ4n) is 3.85. The molecule has 4 nitrogen and oxygen atoms in total. The molecule has 19 heavy (non-hydrogen) atoms. The van der Waals surface area contributed by atoms with Crippen molar-refractivity contribution in [3.05, 3.63) is 0 Å². The molecule has 2 fully saturated rings. The molecule has 2 unspecified atom stereocenters. The van der Waals surface area contributed by atoms with Crippen molar-refractivity contribution in [2.24, 2.45) is 11.7 Å². The number of hydrogen-bond donors (Lipinski definition) is 2. The second-order valence-corrected chi connectivity index (χ2v) is 6.52. The van der Waals surface area contributed by atoms with Gasteiger partial charge in [0.05, 0.1) is 12.1 Å². The van der Waals surface area contributed by atoms with Gasteiger partial charge in [-0.15, -0.1) is 0 Å². The van der Waals surface area contributed by atoms with Crippen LogP contribution in [0.2, 0.25) is 0 Å². The standard InChI is InChI=1S/C15H28N2O2/c1-12-5-4-8-15(16,11-12)14(19)17(9-10-18)13-6-2-3-7-13/h12-13,18H,2-11,16H2,1H3. The molecule has 0 aliphatic heterocycles. The second kappa shape index (κ2) is 6.23. The Bertz CT molecular complexity index is 315. The lowest BCUT2D eigenvalue weighted by atomic mass is 9.76. The highest BCUT2D eigenvalue weighted by atomic mass is 16.3. The smallest absolute Gasteiger partial charge is 0.242 e. The minimum atomic E-state index is -0.685. The molecule has 2 saturated carbocycles. The summed E-state index contributed by atoms with van der Waals surface area (Å²) in [7, 11) is 0. The number of rotatable bonds is 4. The average Bonchev–Trinajstić information content (AvgIpc) is 2.88. The van der Waals surface area contributed by atoms with Gasteiger partial charge in [-0.25, -0.2) is 0 Å². The van der Waals surface area contributed by atoms with E-state index in [9.17, 15) is 9.90 Å². The summed E-state index contributed by atoms with van der Waals surface area (Å²) in [5.41, 5.74) is 5.73. The lowest BCUT2D eigenvalue weighted by Crippen LogP contribution is -2.59. The summed E-state index contributed by atoms with van der Waals surface area (Å²) in [6, 6.07) is 0.303. The molecular weight excluding hydrogens is 240 g/mol. The van der Waals surface area contributed by atoms with Gasteiger partial charge in [-0.05, 0) is 31.6 Å². The minimum absolute atomic E-state index is 0.0356. The van der Waals surface area contributed by atoms with Crippen LogP contribution in [0.15, 0.2) is 0 Å². The van der Waals surface area contributed by atoms with Crippen molar-refractivity contribution in [3.63, 3.8) is 0 Å². The van der Waals surface area contributed by atoms with Crippen LogP contribution in [-0.4, -0.2) is 40.6 Å². The lowest BCUT2D eigenvalue weighted by Gasteiger charge is -2.41. The van der Waals surface area contributed by atoms with Gasteiger partial charge < -0.3 is 15.7 Å². The third-order valence-corrected chi connectivity index (χ3v) is 4.83. The number of nitrogens with two attached hydrogens (primary N) is 1. The van der Waals surface area contributed by atoms with Crippen LogP contribution in [0.3, 0.4) is 0 Å². The highest BCUT2D eigenvalue weighted by molar-refractivity contribution is 5.86. The van der Waals surface area contributed by atoms with E-state index >= 15 is 0 Å². The first-order valence-corrected chi connectivity index (χ1v) is 7.77. The zero-order valence-corrected chi connectivity index (χ0v) is 12.1. The summed E-state index contributed by atoms with van der Waals surface area (Å²) in [6.07, 6.45) is 8.32. The molecule has 2 atom stereocenters. The zero-order chi connectivity index (χ0) is 13.9. The summed E-state index contributed by atoms with van der Waals surface area (Å²) in [5, 5.41) is 9.25. The highest BCUT2D eigenvalue weighted by Gasteiger charge is 2.42. The first-order chi connectivity index (χ1) is 9.07. The van der Waals surface area contributed by atoms with E-state index in [1.807, 2.05) is 4.90 Å². The lowest BCUT2D eigenvalue weighted by molar-refractivity contribution is -0.141. The molecule has 110 valence electrons. The molecule has 0 saturated heterocycles. The maximum absolute atomic E-state index is 12.8. The van der Waals surface area contributed by atoms with Crippen molar-refractivity contribution in [2.45, 2.75) is 69.9 Å². The molecule has 2 aliphatic carbocycles. The van der Waals surface area contributed by atoms with Gasteiger partial charge in [-0.2, -0.15) is 0 Å². The molecule has 2 aliphatic rings. The molecule has 0 aromatic carbocycles. The van der Waals surface area contributed by atoms with Crippen molar-refractivity contribution in [1.29, 1.82) is 0 Å². The quantitative estimate of drug-likeness (QED) is 0.815. The van der Waals surface area contributed by atoms with E-state index in [1.165, 1.54) is 19.3 Å². The van der Waals surface area contributed by atoms with Crippen LogP contribution in [0.25, 0.3) is 0 Å². The van der Waals surface area contributed by atoms with E-state index in [-0.39, 0.29) is 12.5 Å². The third-order valence-electron chi connectivity index (χ3n) is 4.83. The number of amides is 1. The van der Waals surface area contributed by atoms with Gasteiger partial charge in [-0.3, -0.25) is 4.79 Å². The predicted molar refractivity (Wildman–Crippen MR) is 75.6 cm³/mol. The third kappa shape index (κ3) is 3.29. The number of nitrogens with zero attached hydrogens (tertiary/aromatic N) is 1. The molecule has 0 aromatic heterocycles. The Balaban J connectivity index is 2.08. The molecule has 3 N–H and O–H groups in total. The number of aliphatic hydroxyl groups is 1. The molecule has 0 radical (unpaired) electrons.